The molecule has 0 fully saturated rings. The lowest BCUT2D eigenvalue weighted by molar-refractivity contribution is -0.119. The lowest BCUT2D eigenvalue weighted by Gasteiger charge is -2.22. The van der Waals surface area contributed by atoms with Crippen LogP contribution in [0, 0.1) is 5.82 Å². The van der Waals surface area contributed by atoms with Crippen molar-refractivity contribution < 1.29 is 9.18 Å². The zero-order valence-electron chi connectivity index (χ0n) is 15.2. The van der Waals surface area contributed by atoms with Crippen LogP contribution in [-0.4, -0.2) is 41.4 Å². The Morgan fingerprint density at radius 3 is 2.61 bits per heavy atom. The molecule has 2 aromatic carbocycles. The number of rotatable bonds is 5. The van der Waals surface area contributed by atoms with E-state index in [1.165, 1.54) is 17.0 Å². The van der Waals surface area contributed by atoms with Gasteiger partial charge in [-0.3, -0.25) is 14.5 Å². The van der Waals surface area contributed by atoms with E-state index in [4.69, 9.17) is 23.2 Å². The maximum atomic E-state index is 13.3. The summed E-state index contributed by atoms with van der Waals surface area (Å²) in [6, 6.07) is 8.78. The van der Waals surface area contributed by atoms with Crippen molar-refractivity contribution in [1.29, 1.82) is 0 Å². The van der Waals surface area contributed by atoms with Crippen LogP contribution in [0.1, 0.15) is 5.82 Å². The molecule has 3 aromatic rings. The first-order chi connectivity index (χ1) is 13.2. The molecule has 6 nitrogen and oxygen atoms in total. The van der Waals surface area contributed by atoms with Gasteiger partial charge < -0.3 is 9.88 Å². The summed E-state index contributed by atoms with van der Waals surface area (Å²) in [6.07, 6.45) is 0. The van der Waals surface area contributed by atoms with Gasteiger partial charge in [0, 0.05) is 12.7 Å². The van der Waals surface area contributed by atoms with Gasteiger partial charge in [0.15, 0.2) is 0 Å². The summed E-state index contributed by atoms with van der Waals surface area (Å²) in [4.78, 5) is 34.8. The number of anilines is 1. The fourth-order valence-corrected chi connectivity index (χ4v) is 3.01. The van der Waals surface area contributed by atoms with Gasteiger partial charge in [0.25, 0.3) is 5.56 Å². The Morgan fingerprint density at radius 1 is 1.14 bits per heavy atom. The quantitative estimate of drug-likeness (QED) is 0.683. The molecule has 28 heavy (non-hydrogen) atoms. The monoisotopic (exact) mass is 422 g/mol. The van der Waals surface area contributed by atoms with Crippen molar-refractivity contribution in [2.45, 2.75) is 6.54 Å². The Labute approximate surface area is 170 Å². The third-order valence-corrected chi connectivity index (χ3v) is 4.94. The van der Waals surface area contributed by atoms with E-state index in [1.807, 2.05) is 0 Å². The number of benzene rings is 2. The van der Waals surface area contributed by atoms with Crippen LogP contribution in [-0.2, 0) is 11.3 Å². The second-order valence-corrected chi connectivity index (χ2v) is 7.21. The topological polar surface area (TPSA) is 69.3 Å². The molecular formula is C19H17Cl2FN4O2. The highest BCUT2D eigenvalue weighted by Crippen LogP contribution is 2.26. The van der Waals surface area contributed by atoms with Crippen LogP contribution in [0.5, 0.6) is 0 Å². The highest BCUT2D eigenvalue weighted by molar-refractivity contribution is 6.42. The Balaban J connectivity index is 1.71. The number of aromatic nitrogens is 2. The molecule has 3 rings (SSSR count). The molecule has 1 amide bonds. The number of halogens is 3. The number of hydrogen-bond acceptors (Lipinski definition) is 4. The molecule has 0 radical (unpaired) electrons. The first-order valence-corrected chi connectivity index (χ1v) is 9.09. The molecule has 0 aliphatic carbocycles. The number of likely N-dealkylation sites (N-methyl/N-ethyl adjacent to an activating group) is 2. The van der Waals surface area contributed by atoms with Gasteiger partial charge in [-0.05, 0) is 43.4 Å². The van der Waals surface area contributed by atoms with Crippen LogP contribution in [0.4, 0.5) is 10.1 Å². The van der Waals surface area contributed by atoms with E-state index >= 15 is 0 Å². The van der Waals surface area contributed by atoms with Gasteiger partial charge in [-0.25, -0.2) is 9.37 Å². The number of nitrogens with zero attached hydrogens (tertiary/aromatic N) is 3. The van der Waals surface area contributed by atoms with E-state index < -0.39 is 11.4 Å². The van der Waals surface area contributed by atoms with Gasteiger partial charge in [0.2, 0.25) is 5.91 Å². The molecule has 146 valence electrons. The summed E-state index contributed by atoms with van der Waals surface area (Å²) in [6.45, 7) is 0.325. The van der Waals surface area contributed by atoms with Gasteiger partial charge in [-0.2, -0.15) is 0 Å². The largest absolute Gasteiger partial charge is 0.314 e. The molecule has 0 aliphatic rings. The predicted octanol–water partition coefficient (Wildman–Crippen LogP) is 3.46. The minimum Gasteiger partial charge on any atom is -0.314 e. The normalized spacial score (nSPS) is 11.2. The molecule has 0 bridgehead atoms. The molecule has 0 unspecified atom stereocenters. The third kappa shape index (κ3) is 4.49. The maximum absolute atomic E-state index is 13.3. The first-order valence-electron chi connectivity index (χ1n) is 8.33. The standard InChI is InChI=1S/C19H17Cl2FN4O2/c1-25(10-18(27)26(2)12-4-5-14(20)15(21)8-12)9-17-23-16-6-3-11(22)7-13(16)19(28)24-17/h3-8H,9-10H2,1-2H3,(H,23,24,28). The van der Waals surface area contributed by atoms with Crippen LogP contribution in [0.3, 0.4) is 0 Å². The predicted molar refractivity (Wildman–Crippen MR) is 109 cm³/mol. The highest BCUT2D eigenvalue weighted by Gasteiger charge is 2.16. The lowest BCUT2D eigenvalue weighted by atomic mass is 10.2. The maximum Gasteiger partial charge on any atom is 0.258 e. The molecule has 1 heterocycles. The lowest BCUT2D eigenvalue weighted by Crippen LogP contribution is -2.36. The Kier molecular flexibility index (Phi) is 5.98. The van der Waals surface area contributed by atoms with E-state index in [0.29, 0.717) is 27.1 Å². The molecule has 0 atom stereocenters. The molecule has 1 N–H and O–H groups in total. The number of nitrogens with one attached hydrogen (secondary N) is 1. The second kappa shape index (κ2) is 8.26. The van der Waals surface area contributed by atoms with Crippen LogP contribution >= 0.6 is 23.2 Å². The highest BCUT2D eigenvalue weighted by atomic mass is 35.5. The average Bonchev–Trinajstić information content (AvgIpc) is 2.64. The summed E-state index contributed by atoms with van der Waals surface area (Å²) >= 11 is 11.9. The number of aromatic amines is 1. The van der Waals surface area contributed by atoms with Crippen molar-refractivity contribution in [2.24, 2.45) is 0 Å². The van der Waals surface area contributed by atoms with Crippen molar-refractivity contribution in [3.05, 3.63) is 68.4 Å². The molecule has 0 spiro atoms. The minimum atomic E-state index is -0.499. The number of H-pyrrole nitrogens is 1. The fourth-order valence-electron chi connectivity index (χ4n) is 2.72. The number of fused-ring (bicyclic) bond motifs is 1. The summed E-state index contributed by atoms with van der Waals surface area (Å²) in [5, 5.41) is 0.956. The van der Waals surface area contributed by atoms with Crippen LogP contribution < -0.4 is 10.5 Å². The zero-order chi connectivity index (χ0) is 20.4. The van der Waals surface area contributed by atoms with Crippen LogP contribution in [0.25, 0.3) is 10.9 Å². The fraction of sp³-hybridized carbons (Fsp3) is 0.211. The number of hydrogen-bond donors (Lipinski definition) is 1. The summed E-state index contributed by atoms with van der Waals surface area (Å²) in [5.41, 5.74) is 0.590. The SMILES string of the molecule is CN(CC(=O)N(C)c1ccc(Cl)c(Cl)c1)Cc1nc2ccc(F)cc2c(=O)[nH]1. The van der Waals surface area contributed by atoms with Gasteiger partial charge >= 0.3 is 0 Å². The molecule has 0 aliphatic heterocycles. The van der Waals surface area contributed by atoms with E-state index in [0.717, 1.165) is 6.07 Å². The number of carbonyl (C=O) groups is 1. The van der Waals surface area contributed by atoms with Gasteiger partial charge in [0.1, 0.15) is 11.6 Å². The molecule has 0 saturated carbocycles. The van der Waals surface area contributed by atoms with Crippen molar-refractivity contribution in [3.63, 3.8) is 0 Å². The van der Waals surface area contributed by atoms with Crippen LogP contribution in [0.15, 0.2) is 41.2 Å². The van der Waals surface area contributed by atoms with E-state index in [-0.39, 0.29) is 24.4 Å². The number of carbonyl (C=O) groups excluding carboxylic acids is 1. The van der Waals surface area contributed by atoms with E-state index in [9.17, 15) is 14.0 Å². The van der Waals surface area contributed by atoms with Crippen molar-refractivity contribution in [2.75, 3.05) is 25.5 Å². The minimum absolute atomic E-state index is 0.0852. The van der Waals surface area contributed by atoms with Gasteiger partial charge in [-0.15, -0.1) is 0 Å². The van der Waals surface area contributed by atoms with Gasteiger partial charge in [0.05, 0.1) is 34.0 Å². The molecule has 1 aromatic heterocycles. The second-order valence-electron chi connectivity index (χ2n) is 6.40. The molecule has 0 saturated heterocycles. The number of amides is 1. The Morgan fingerprint density at radius 2 is 1.89 bits per heavy atom. The first kappa shape index (κ1) is 20.3. The van der Waals surface area contributed by atoms with Gasteiger partial charge in [-0.1, -0.05) is 23.2 Å². The Hall–Kier alpha value is -2.48. The average molecular weight is 423 g/mol. The molecular weight excluding hydrogens is 406 g/mol. The Bertz CT molecular complexity index is 1100. The summed E-state index contributed by atoms with van der Waals surface area (Å²) in [7, 11) is 3.37. The summed E-state index contributed by atoms with van der Waals surface area (Å²) < 4.78 is 13.3. The van der Waals surface area contributed by atoms with Crippen LogP contribution in [0.2, 0.25) is 10.0 Å². The van der Waals surface area contributed by atoms with E-state index in [1.54, 1.807) is 37.2 Å². The third-order valence-electron chi connectivity index (χ3n) is 4.21. The smallest absolute Gasteiger partial charge is 0.258 e. The van der Waals surface area contributed by atoms with Crippen molar-refractivity contribution in [3.8, 4) is 0 Å². The molecule has 9 heteroatoms. The van der Waals surface area contributed by atoms with Crippen molar-refractivity contribution in [1.82, 2.24) is 14.9 Å². The van der Waals surface area contributed by atoms with Crippen molar-refractivity contribution >= 4 is 45.7 Å². The van der Waals surface area contributed by atoms with E-state index in [2.05, 4.69) is 9.97 Å². The zero-order valence-corrected chi connectivity index (χ0v) is 16.7. The summed E-state index contributed by atoms with van der Waals surface area (Å²) in [5.74, 6) is -0.289.